The van der Waals surface area contributed by atoms with Gasteiger partial charge in [0.1, 0.15) is 5.52 Å². The van der Waals surface area contributed by atoms with Crippen LogP contribution in [0.5, 0.6) is 0 Å². The van der Waals surface area contributed by atoms with E-state index in [1.54, 1.807) is 12.4 Å². The smallest absolute Gasteiger partial charge is 0.154 e. The van der Waals surface area contributed by atoms with Gasteiger partial charge in [-0.25, -0.2) is 9.97 Å². The maximum atomic E-state index is 5.80. The van der Waals surface area contributed by atoms with E-state index in [-0.39, 0.29) is 6.10 Å². The van der Waals surface area contributed by atoms with Gasteiger partial charge in [-0.2, -0.15) is 0 Å². The number of nitrogens with one attached hydrogen (secondary N) is 2. The average molecular weight is 406 g/mol. The first-order valence-electron chi connectivity index (χ1n) is 10.7. The molecule has 0 saturated carbocycles. The highest BCUT2D eigenvalue weighted by molar-refractivity contribution is 5.88. The summed E-state index contributed by atoms with van der Waals surface area (Å²) in [5, 5.41) is 6.79. The highest BCUT2D eigenvalue weighted by atomic mass is 16.5. The van der Waals surface area contributed by atoms with Crippen molar-refractivity contribution >= 4 is 16.9 Å². The Bertz CT molecular complexity index is 983. The first-order chi connectivity index (χ1) is 14.9. The molecule has 0 bridgehead atoms. The Hall–Kier alpha value is -2.61. The van der Waals surface area contributed by atoms with Gasteiger partial charge in [-0.1, -0.05) is 24.3 Å². The Morgan fingerprint density at radius 3 is 2.67 bits per heavy atom. The topological polar surface area (TPSA) is 81.2 Å². The molecule has 1 aromatic carbocycles. The highest BCUT2D eigenvalue weighted by Gasteiger charge is 2.17. The minimum Gasteiger partial charge on any atom is -0.381 e. The van der Waals surface area contributed by atoms with Crippen molar-refractivity contribution < 1.29 is 9.47 Å². The molecule has 0 radical (unpaired) electrons. The first-order valence-corrected chi connectivity index (χ1v) is 10.7. The van der Waals surface area contributed by atoms with E-state index < -0.39 is 0 Å². The van der Waals surface area contributed by atoms with Crippen LogP contribution in [0.1, 0.15) is 24.3 Å². The van der Waals surface area contributed by atoms with E-state index in [9.17, 15) is 0 Å². The van der Waals surface area contributed by atoms with Crippen molar-refractivity contribution in [3.8, 4) is 11.3 Å². The van der Waals surface area contributed by atoms with E-state index in [1.807, 2.05) is 6.07 Å². The fourth-order valence-electron chi connectivity index (χ4n) is 4.16. The van der Waals surface area contributed by atoms with E-state index in [4.69, 9.17) is 14.5 Å². The molecule has 2 aliphatic heterocycles. The Labute approximate surface area is 176 Å². The number of rotatable bonds is 5. The van der Waals surface area contributed by atoms with E-state index >= 15 is 0 Å². The largest absolute Gasteiger partial charge is 0.381 e. The number of morpholine rings is 1. The number of anilines is 1. The summed E-state index contributed by atoms with van der Waals surface area (Å²) in [6.45, 7) is 4.86. The molecular weight excluding hydrogens is 378 g/mol. The molecule has 1 unspecified atom stereocenters. The van der Waals surface area contributed by atoms with Gasteiger partial charge in [-0.05, 0) is 30.4 Å². The summed E-state index contributed by atoms with van der Waals surface area (Å²) >= 11 is 0. The molecule has 0 aliphatic carbocycles. The maximum Gasteiger partial charge on any atom is 0.154 e. The van der Waals surface area contributed by atoms with Gasteiger partial charge in [0.2, 0.25) is 0 Å². The second-order valence-corrected chi connectivity index (χ2v) is 7.87. The van der Waals surface area contributed by atoms with Gasteiger partial charge in [-0.15, -0.1) is 0 Å². The van der Waals surface area contributed by atoms with Crippen LogP contribution in [-0.4, -0.2) is 60.5 Å². The maximum absolute atomic E-state index is 5.80. The lowest BCUT2D eigenvalue weighted by Crippen LogP contribution is -2.42. The molecule has 2 aliphatic rings. The normalized spacial score (nSPS) is 20.3. The highest BCUT2D eigenvalue weighted by Crippen LogP contribution is 2.30. The van der Waals surface area contributed by atoms with Gasteiger partial charge in [0.05, 0.1) is 23.9 Å². The number of ether oxygens (including phenoxy) is 2. The Kier molecular flexibility index (Phi) is 5.83. The molecule has 4 heterocycles. The molecule has 3 aromatic rings. The van der Waals surface area contributed by atoms with Gasteiger partial charge in [0.15, 0.2) is 5.82 Å². The molecule has 2 fully saturated rings. The number of benzene rings is 1. The summed E-state index contributed by atoms with van der Waals surface area (Å²) in [6, 6.07) is 10.8. The van der Waals surface area contributed by atoms with E-state index in [0.29, 0.717) is 12.5 Å². The van der Waals surface area contributed by atoms with Crippen molar-refractivity contribution in [3.63, 3.8) is 0 Å². The summed E-state index contributed by atoms with van der Waals surface area (Å²) in [5.74, 6) is 1.34. The second-order valence-electron chi connectivity index (χ2n) is 7.87. The third kappa shape index (κ3) is 4.28. The quantitative estimate of drug-likeness (QED) is 0.675. The van der Waals surface area contributed by atoms with Crippen LogP contribution in [-0.2, 0) is 9.47 Å². The fraction of sp³-hybridized carbons (Fsp3) is 0.435. The third-order valence-corrected chi connectivity index (χ3v) is 5.86. The van der Waals surface area contributed by atoms with Crippen molar-refractivity contribution in [1.29, 1.82) is 0 Å². The minimum atomic E-state index is 0.120. The van der Waals surface area contributed by atoms with E-state index in [0.717, 1.165) is 73.9 Å². The zero-order valence-corrected chi connectivity index (χ0v) is 17.0. The molecule has 0 spiro atoms. The summed E-state index contributed by atoms with van der Waals surface area (Å²) in [6.07, 6.45) is 5.73. The van der Waals surface area contributed by atoms with Crippen molar-refractivity contribution in [2.45, 2.75) is 24.9 Å². The Morgan fingerprint density at radius 2 is 1.87 bits per heavy atom. The number of hydrogen-bond donors (Lipinski definition) is 2. The van der Waals surface area contributed by atoms with Crippen LogP contribution in [0.25, 0.3) is 22.3 Å². The number of hydrogen-bond acceptors (Lipinski definition) is 7. The second kappa shape index (κ2) is 9.04. The van der Waals surface area contributed by atoms with Crippen LogP contribution in [0.3, 0.4) is 0 Å². The number of nitrogens with zero attached hydrogens (tertiary/aromatic N) is 3. The summed E-state index contributed by atoms with van der Waals surface area (Å²) in [7, 11) is 0. The number of pyridine rings is 1. The van der Waals surface area contributed by atoms with Crippen LogP contribution in [0.15, 0.2) is 42.7 Å². The van der Waals surface area contributed by atoms with Crippen LogP contribution >= 0.6 is 0 Å². The van der Waals surface area contributed by atoms with Crippen molar-refractivity contribution in [2.75, 3.05) is 44.8 Å². The Morgan fingerprint density at radius 1 is 1.03 bits per heavy atom. The lowest BCUT2D eigenvalue weighted by molar-refractivity contribution is 0.0372. The zero-order chi connectivity index (χ0) is 20.2. The molecule has 5 rings (SSSR count). The third-order valence-electron chi connectivity index (χ3n) is 5.86. The zero-order valence-electron chi connectivity index (χ0n) is 17.0. The minimum absolute atomic E-state index is 0.120. The standard InChI is InChI=1S/C23H27N5O2/c1-3-18(4-2-16(1)17-5-10-29-11-6-17)20-13-21-22(26-8-7-25-21)23(28-20)27-15-19-14-24-9-12-30-19/h1-4,7-8,13,17,19,24H,5-6,9-12,14-15H2,(H,27,28). The van der Waals surface area contributed by atoms with Gasteiger partial charge in [0, 0.05) is 50.8 Å². The molecule has 7 heteroatoms. The molecule has 30 heavy (non-hydrogen) atoms. The molecule has 2 aromatic heterocycles. The predicted octanol–water partition coefficient (Wildman–Crippen LogP) is 2.99. The first kappa shape index (κ1) is 19.4. The van der Waals surface area contributed by atoms with E-state index in [1.165, 1.54) is 5.56 Å². The molecule has 1 atom stereocenters. The molecule has 2 N–H and O–H groups in total. The molecule has 156 valence electrons. The van der Waals surface area contributed by atoms with E-state index in [2.05, 4.69) is 44.9 Å². The fourth-order valence-corrected chi connectivity index (χ4v) is 4.16. The molecule has 7 nitrogen and oxygen atoms in total. The van der Waals surface area contributed by atoms with Crippen molar-refractivity contribution in [2.24, 2.45) is 0 Å². The average Bonchev–Trinajstić information content (AvgIpc) is 2.84. The van der Waals surface area contributed by atoms with Crippen molar-refractivity contribution in [3.05, 3.63) is 48.3 Å². The summed E-state index contributed by atoms with van der Waals surface area (Å²) in [4.78, 5) is 13.9. The molecular formula is C23H27N5O2. The van der Waals surface area contributed by atoms with Gasteiger partial charge < -0.3 is 20.1 Å². The van der Waals surface area contributed by atoms with Crippen LogP contribution in [0, 0.1) is 0 Å². The number of fused-ring (bicyclic) bond motifs is 1. The predicted molar refractivity (Wildman–Crippen MR) is 117 cm³/mol. The lowest BCUT2D eigenvalue weighted by atomic mass is 9.91. The lowest BCUT2D eigenvalue weighted by Gasteiger charge is -2.24. The molecule has 0 amide bonds. The van der Waals surface area contributed by atoms with Crippen molar-refractivity contribution in [1.82, 2.24) is 20.3 Å². The summed E-state index contributed by atoms with van der Waals surface area (Å²) in [5.41, 5.74) is 4.97. The van der Waals surface area contributed by atoms with Gasteiger partial charge >= 0.3 is 0 Å². The van der Waals surface area contributed by atoms with Gasteiger partial charge in [-0.3, -0.25) is 4.98 Å². The molecule has 2 saturated heterocycles. The number of aromatic nitrogens is 3. The SMILES string of the molecule is c1cnc2c(NCC3CNCCO3)nc(-c3ccc(C4CCOCC4)cc3)cc2n1. The Balaban J connectivity index is 1.41. The monoisotopic (exact) mass is 405 g/mol. The van der Waals surface area contributed by atoms with Crippen LogP contribution in [0.2, 0.25) is 0 Å². The van der Waals surface area contributed by atoms with Crippen LogP contribution < -0.4 is 10.6 Å². The summed E-state index contributed by atoms with van der Waals surface area (Å²) < 4.78 is 11.3. The van der Waals surface area contributed by atoms with Crippen LogP contribution in [0.4, 0.5) is 5.82 Å². The van der Waals surface area contributed by atoms with Gasteiger partial charge in [0.25, 0.3) is 0 Å².